The highest BCUT2D eigenvalue weighted by molar-refractivity contribution is 5.34. The van der Waals surface area contributed by atoms with Gasteiger partial charge in [-0.05, 0) is 43.5 Å². The minimum atomic E-state index is -0.112. The Labute approximate surface area is 134 Å². The van der Waals surface area contributed by atoms with Crippen LogP contribution in [0.4, 0.5) is 0 Å². The summed E-state index contributed by atoms with van der Waals surface area (Å²) >= 11 is 0. The van der Waals surface area contributed by atoms with Crippen LogP contribution in [0, 0.1) is 11.3 Å². The van der Waals surface area contributed by atoms with Crippen molar-refractivity contribution in [3.8, 4) is 11.8 Å². The monoisotopic (exact) mass is 301 g/mol. The minimum Gasteiger partial charge on any atom is -0.487 e. The highest BCUT2D eigenvalue weighted by Crippen LogP contribution is 2.28. The van der Waals surface area contributed by atoms with Crippen LogP contribution in [0.2, 0.25) is 0 Å². The summed E-state index contributed by atoms with van der Waals surface area (Å²) in [4.78, 5) is 2.51. The average molecular weight is 301 g/mol. The molecule has 4 heteroatoms. The van der Waals surface area contributed by atoms with Crippen molar-refractivity contribution < 1.29 is 4.74 Å². The molecule has 1 saturated heterocycles. The first-order valence-electron chi connectivity index (χ1n) is 8.33. The van der Waals surface area contributed by atoms with Gasteiger partial charge in [0.15, 0.2) is 0 Å². The second-order valence-corrected chi connectivity index (χ2v) is 5.97. The molecule has 0 bridgehead atoms. The normalized spacial score (nSPS) is 16.2. The van der Waals surface area contributed by atoms with Crippen LogP contribution in [0.15, 0.2) is 24.3 Å². The zero-order valence-electron chi connectivity index (χ0n) is 13.8. The summed E-state index contributed by atoms with van der Waals surface area (Å²) in [6, 6.07) is 9.60. The first-order valence-corrected chi connectivity index (χ1v) is 8.33. The van der Waals surface area contributed by atoms with Crippen molar-refractivity contribution >= 4 is 0 Å². The van der Waals surface area contributed by atoms with Gasteiger partial charge >= 0.3 is 0 Å². The topological polar surface area (TPSA) is 48.3 Å². The van der Waals surface area contributed by atoms with E-state index in [2.05, 4.69) is 30.1 Å². The molecule has 1 heterocycles. The number of ether oxygens (including phenoxy) is 1. The third kappa shape index (κ3) is 4.46. The molecule has 0 atom stereocenters. The molecule has 1 fully saturated rings. The lowest BCUT2D eigenvalue weighted by atomic mass is 9.92. The van der Waals surface area contributed by atoms with E-state index in [1.165, 1.54) is 0 Å². The molecule has 1 aromatic carbocycles. The lowest BCUT2D eigenvalue weighted by molar-refractivity contribution is 0.0382. The predicted molar refractivity (Wildman–Crippen MR) is 89.0 cm³/mol. The predicted octanol–water partition coefficient (Wildman–Crippen LogP) is 2.79. The lowest BCUT2D eigenvalue weighted by Gasteiger charge is -2.36. The Kier molecular flexibility index (Phi) is 6.23. The van der Waals surface area contributed by atoms with Crippen LogP contribution in [0.1, 0.15) is 38.7 Å². The molecule has 22 heavy (non-hydrogen) atoms. The van der Waals surface area contributed by atoms with Crippen molar-refractivity contribution in [1.82, 2.24) is 10.2 Å². The number of nitriles is 1. The molecular formula is C18H27N3O. The van der Waals surface area contributed by atoms with Gasteiger partial charge in [-0.2, -0.15) is 5.26 Å². The Hall–Kier alpha value is -1.57. The fraction of sp³-hybridized carbons (Fsp3) is 0.611. The minimum absolute atomic E-state index is 0.112. The van der Waals surface area contributed by atoms with E-state index in [0.29, 0.717) is 5.56 Å². The lowest BCUT2D eigenvalue weighted by Crippen LogP contribution is -2.46. The Balaban J connectivity index is 1.98. The first-order chi connectivity index (χ1) is 10.7. The summed E-state index contributed by atoms with van der Waals surface area (Å²) in [6.45, 7) is 9.90. The standard InChI is InChI=1S/C18H27N3O/c1-3-18(4-2,9-12-21-13-10-20-11-14-21)22-17-7-5-16(15-19)6-8-17/h5-8,20H,3-4,9-14H2,1-2H3. The van der Waals surface area contributed by atoms with Crippen LogP contribution in [-0.2, 0) is 0 Å². The van der Waals surface area contributed by atoms with Crippen molar-refractivity contribution in [3.05, 3.63) is 29.8 Å². The molecule has 1 aromatic rings. The third-order valence-corrected chi connectivity index (χ3v) is 4.70. The molecule has 1 aliphatic heterocycles. The van der Waals surface area contributed by atoms with Crippen LogP contribution in [0.5, 0.6) is 5.75 Å². The number of benzene rings is 1. The summed E-state index contributed by atoms with van der Waals surface area (Å²) in [5, 5.41) is 12.3. The summed E-state index contributed by atoms with van der Waals surface area (Å²) in [5.74, 6) is 0.864. The largest absolute Gasteiger partial charge is 0.487 e. The van der Waals surface area contributed by atoms with E-state index in [4.69, 9.17) is 10.00 Å². The number of nitrogens with one attached hydrogen (secondary N) is 1. The molecule has 1 aliphatic rings. The summed E-state index contributed by atoms with van der Waals surface area (Å²) in [5.41, 5.74) is 0.561. The second kappa shape index (κ2) is 8.17. The van der Waals surface area contributed by atoms with Gasteiger partial charge < -0.3 is 15.0 Å². The SMILES string of the molecule is CCC(CC)(CCN1CCNCC1)Oc1ccc(C#N)cc1. The fourth-order valence-electron chi connectivity index (χ4n) is 2.94. The Morgan fingerprint density at radius 1 is 1.18 bits per heavy atom. The van der Waals surface area contributed by atoms with Gasteiger partial charge in [-0.15, -0.1) is 0 Å². The quantitative estimate of drug-likeness (QED) is 0.841. The van der Waals surface area contributed by atoms with Gasteiger partial charge in [0.05, 0.1) is 11.6 Å². The number of rotatable bonds is 7. The molecule has 0 spiro atoms. The van der Waals surface area contributed by atoms with E-state index in [1.807, 2.05) is 24.3 Å². The van der Waals surface area contributed by atoms with Gasteiger partial charge in [0.25, 0.3) is 0 Å². The molecule has 0 saturated carbocycles. The smallest absolute Gasteiger partial charge is 0.120 e. The molecule has 1 N–H and O–H groups in total. The van der Waals surface area contributed by atoms with Crippen LogP contribution in [-0.4, -0.2) is 43.2 Å². The molecule has 0 aliphatic carbocycles. The molecule has 120 valence electrons. The maximum Gasteiger partial charge on any atom is 0.120 e. The highest BCUT2D eigenvalue weighted by atomic mass is 16.5. The van der Waals surface area contributed by atoms with E-state index in [0.717, 1.165) is 57.7 Å². The molecule has 0 unspecified atom stereocenters. The number of nitrogens with zero attached hydrogens (tertiary/aromatic N) is 2. The summed E-state index contributed by atoms with van der Waals surface area (Å²) in [6.07, 6.45) is 3.03. The summed E-state index contributed by atoms with van der Waals surface area (Å²) < 4.78 is 6.34. The van der Waals surface area contributed by atoms with E-state index in [-0.39, 0.29) is 5.60 Å². The van der Waals surface area contributed by atoms with Crippen LogP contribution < -0.4 is 10.1 Å². The molecule has 0 aromatic heterocycles. The van der Waals surface area contributed by atoms with Gasteiger partial charge in [0.2, 0.25) is 0 Å². The van der Waals surface area contributed by atoms with Crippen LogP contribution in [0.3, 0.4) is 0 Å². The third-order valence-electron chi connectivity index (χ3n) is 4.70. The first kappa shape index (κ1) is 16.8. The van der Waals surface area contributed by atoms with Gasteiger partial charge in [-0.25, -0.2) is 0 Å². The van der Waals surface area contributed by atoms with E-state index in [1.54, 1.807) is 0 Å². The Morgan fingerprint density at radius 2 is 1.82 bits per heavy atom. The van der Waals surface area contributed by atoms with Gasteiger partial charge in [0.1, 0.15) is 11.4 Å². The summed E-state index contributed by atoms with van der Waals surface area (Å²) in [7, 11) is 0. The van der Waals surface area contributed by atoms with Crippen LogP contribution >= 0.6 is 0 Å². The molecule has 0 radical (unpaired) electrons. The number of hydrogen-bond donors (Lipinski definition) is 1. The van der Waals surface area contributed by atoms with Gasteiger partial charge in [-0.3, -0.25) is 0 Å². The Morgan fingerprint density at radius 3 is 2.36 bits per heavy atom. The van der Waals surface area contributed by atoms with E-state index < -0.39 is 0 Å². The Bertz CT molecular complexity index is 482. The van der Waals surface area contributed by atoms with E-state index in [9.17, 15) is 0 Å². The zero-order valence-corrected chi connectivity index (χ0v) is 13.8. The van der Waals surface area contributed by atoms with Crippen molar-refractivity contribution in [1.29, 1.82) is 5.26 Å². The van der Waals surface area contributed by atoms with Crippen molar-refractivity contribution in [2.45, 2.75) is 38.7 Å². The van der Waals surface area contributed by atoms with Crippen molar-refractivity contribution in [2.24, 2.45) is 0 Å². The molecule has 4 nitrogen and oxygen atoms in total. The zero-order chi connectivity index (χ0) is 15.8. The number of hydrogen-bond acceptors (Lipinski definition) is 4. The maximum absolute atomic E-state index is 8.88. The van der Waals surface area contributed by atoms with Crippen molar-refractivity contribution in [3.63, 3.8) is 0 Å². The number of piperazine rings is 1. The molecular weight excluding hydrogens is 274 g/mol. The van der Waals surface area contributed by atoms with Crippen LogP contribution in [0.25, 0.3) is 0 Å². The highest BCUT2D eigenvalue weighted by Gasteiger charge is 2.29. The van der Waals surface area contributed by atoms with Crippen molar-refractivity contribution in [2.75, 3.05) is 32.7 Å². The fourth-order valence-corrected chi connectivity index (χ4v) is 2.94. The van der Waals surface area contributed by atoms with Gasteiger partial charge in [-0.1, -0.05) is 13.8 Å². The maximum atomic E-state index is 8.88. The molecule has 0 amide bonds. The molecule has 2 rings (SSSR count). The second-order valence-electron chi connectivity index (χ2n) is 5.97. The van der Waals surface area contributed by atoms with E-state index >= 15 is 0 Å². The van der Waals surface area contributed by atoms with Gasteiger partial charge in [0, 0.05) is 32.7 Å². The average Bonchev–Trinajstić information content (AvgIpc) is 2.60.